The lowest BCUT2D eigenvalue weighted by molar-refractivity contribution is -0.137. The van der Waals surface area contributed by atoms with E-state index in [2.05, 4.69) is 0 Å². The number of carbonyl (C=O) groups excluding carboxylic acids is 2. The first kappa shape index (κ1) is 16.0. The van der Waals surface area contributed by atoms with Crippen molar-refractivity contribution in [3.63, 3.8) is 0 Å². The summed E-state index contributed by atoms with van der Waals surface area (Å²) in [5.74, 6) is 0.0736. The molecule has 0 aromatic rings. The summed E-state index contributed by atoms with van der Waals surface area (Å²) in [4.78, 5) is 27.2. The molecule has 2 aliphatic rings. The predicted molar refractivity (Wildman–Crippen MR) is 76.7 cm³/mol. The van der Waals surface area contributed by atoms with Crippen molar-refractivity contribution in [2.45, 2.75) is 64.3 Å². The maximum atomic E-state index is 14.0. The summed E-state index contributed by atoms with van der Waals surface area (Å²) in [6, 6.07) is -0.228. The van der Waals surface area contributed by atoms with Crippen LogP contribution >= 0.6 is 0 Å². The van der Waals surface area contributed by atoms with Crippen molar-refractivity contribution in [1.82, 2.24) is 9.80 Å². The van der Waals surface area contributed by atoms with Crippen molar-refractivity contribution in [1.29, 1.82) is 0 Å². The van der Waals surface area contributed by atoms with Crippen LogP contribution in [0.2, 0.25) is 0 Å². The molecule has 0 aliphatic carbocycles. The maximum Gasteiger partial charge on any atom is 0.410 e. The zero-order valence-corrected chi connectivity index (χ0v) is 13.1. The van der Waals surface area contributed by atoms with Crippen molar-refractivity contribution < 1.29 is 18.7 Å². The Bertz CT molecular complexity index is 408. The zero-order valence-electron chi connectivity index (χ0n) is 13.1. The van der Waals surface area contributed by atoms with E-state index in [0.29, 0.717) is 25.9 Å². The number of nitrogens with zero attached hydrogens (tertiary/aromatic N) is 2. The number of rotatable bonds is 1. The summed E-state index contributed by atoms with van der Waals surface area (Å²) in [6.07, 6.45) is 1.08. The third-order valence-corrected chi connectivity index (χ3v) is 3.83. The lowest BCUT2D eigenvalue weighted by Gasteiger charge is -2.42. The number of hydrogen-bond acceptors (Lipinski definition) is 3. The molecule has 0 N–H and O–H groups in total. The Morgan fingerprint density at radius 1 is 1.29 bits per heavy atom. The molecule has 2 aliphatic heterocycles. The van der Waals surface area contributed by atoms with Gasteiger partial charge in [0.1, 0.15) is 11.8 Å². The highest BCUT2D eigenvalue weighted by Crippen LogP contribution is 2.24. The number of ether oxygens (including phenoxy) is 1. The fraction of sp³-hybridized carbons (Fsp3) is 0.867. The van der Waals surface area contributed by atoms with E-state index in [9.17, 15) is 14.0 Å². The number of alkyl halides is 1. The van der Waals surface area contributed by atoms with Crippen molar-refractivity contribution >= 4 is 12.0 Å². The Kier molecular flexibility index (Phi) is 4.74. The van der Waals surface area contributed by atoms with Gasteiger partial charge in [0.2, 0.25) is 5.91 Å². The molecule has 0 unspecified atom stereocenters. The first-order chi connectivity index (χ1) is 9.76. The van der Waals surface area contributed by atoms with E-state index in [1.165, 1.54) is 4.90 Å². The average molecular weight is 300 g/mol. The number of halogens is 1. The predicted octanol–water partition coefficient (Wildman–Crippen LogP) is 2.35. The molecule has 0 radical (unpaired) electrons. The summed E-state index contributed by atoms with van der Waals surface area (Å²) in [6.45, 7) is 6.43. The second-order valence-electron chi connectivity index (χ2n) is 6.92. The van der Waals surface area contributed by atoms with Crippen LogP contribution in [0.15, 0.2) is 0 Å². The van der Waals surface area contributed by atoms with Crippen LogP contribution in [0.25, 0.3) is 0 Å². The Morgan fingerprint density at radius 3 is 2.62 bits per heavy atom. The molecule has 2 atom stereocenters. The average Bonchev–Trinajstić information content (AvgIpc) is 2.36. The van der Waals surface area contributed by atoms with E-state index in [0.717, 1.165) is 12.8 Å². The van der Waals surface area contributed by atoms with Crippen LogP contribution in [0.3, 0.4) is 0 Å². The third-order valence-electron chi connectivity index (χ3n) is 3.83. The molecule has 5 nitrogen and oxygen atoms in total. The van der Waals surface area contributed by atoms with Gasteiger partial charge in [0.25, 0.3) is 0 Å². The number of amides is 2. The summed E-state index contributed by atoms with van der Waals surface area (Å²) in [5.41, 5.74) is -0.600. The van der Waals surface area contributed by atoms with E-state index in [1.54, 1.807) is 25.7 Å². The minimum absolute atomic E-state index is 0.0491. The van der Waals surface area contributed by atoms with Gasteiger partial charge in [-0.15, -0.1) is 0 Å². The largest absolute Gasteiger partial charge is 0.444 e. The quantitative estimate of drug-likeness (QED) is 0.747. The second-order valence-corrected chi connectivity index (χ2v) is 6.92. The molecule has 0 bridgehead atoms. The van der Waals surface area contributed by atoms with Gasteiger partial charge in [-0.05, 0) is 33.6 Å². The van der Waals surface area contributed by atoms with Gasteiger partial charge in [0, 0.05) is 25.9 Å². The number of hydrogen-bond donors (Lipinski definition) is 0. The van der Waals surface area contributed by atoms with Crippen molar-refractivity contribution in [2.75, 3.05) is 19.6 Å². The zero-order chi connectivity index (χ0) is 15.6. The fourth-order valence-electron chi connectivity index (χ4n) is 2.93. The van der Waals surface area contributed by atoms with Gasteiger partial charge in [-0.3, -0.25) is 4.79 Å². The Labute approximate surface area is 125 Å². The van der Waals surface area contributed by atoms with Gasteiger partial charge in [-0.2, -0.15) is 0 Å². The number of piperidine rings is 2. The van der Waals surface area contributed by atoms with Gasteiger partial charge in [0.15, 0.2) is 0 Å². The fourth-order valence-corrected chi connectivity index (χ4v) is 2.93. The van der Waals surface area contributed by atoms with Crippen LogP contribution in [0.5, 0.6) is 0 Å². The monoisotopic (exact) mass is 300 g/mol. The summed E-state index contributed by atoms with van der Waals surface area (Å²) < 4.78 is 19.3. The Hall–Kier alpha value is -1.33. The van der Waals surface area contributed by atoms with E-state index in [4.69, 9.17) is 4.74 Å². The molecule has 2 amide bonds. The summed E-state index contributed by atoms with van der Waals surface area (Å²) >= 11 is 0. The van der Waals surface area contributed by atoms with Crippen LogP contribution in [-0.4, -0.2) is 59.2 Å². The number of carbonyl (C=O) groups is 2. The standard InChI is InChI=1S/C15H25FN2O3/c1-15(2,3)21-14(20)17-9-11(16)8-12(10-17)18-7-5-4-6-13(18)19/h11-12H,4-10H2,1-3H3/t11-,12-/m0/s1. The first-order valence-corrected chi connectivity index (χ1v) is 7.68. The highest BCUT2D eigenvalue weighted by molar-refractivity contribution is 5.77. The maximum absolute atomic E-state index is 14.0. The van der Waals surface area contributed by atoms with Gasteiger partial charge in [0.05, 0.1) is 12.6 Å². The van der Waals surface area contributed by atoms with Crippen LogP contribution in [0.1, 0.15) is 46.5 Å². The van der Waals surface area contributed by atoms with Gasteiger partial charge in [-0.1, -0.05) is 0 Å². The van der Waals surface area contributed by atoms with Gasteiger partial charge in [-0.25, -0.2) is 9.18 Å². The topological polar surface area (TPSA) is 49.9 Å². The molecule has 2 heterocycles. The lowest BCUT2D eigenvalue weighted by atomic mass is 9.99. The van der Waals surface area contributed by atoms with E-state index in [1.807, 2.05) is 0 Å². The van der Waals surface area contributed by atoms with Crippen LogP contribution in [-0.2, 0) is 9.53 Å². The molecule has 120 valence electrons. The van der Waals surface area contributed by atoms with Crippen molar-refractivity contribution in [3.8, 4) is 0 Å². The van der Waals surface area contributed by atoms with Crippen molar-refractivity contribution in [2.24, 2.45) is 0 Å². The van der Waals surface area contributed by atoms with E-state index < -0.39 is 17.9 Å². The van der Waals surface area contributed by atoms with E-state index >= 15 is 0 Å². The van der Waals surface area contributed by atoms with E-state index in [-0.39, 0.29) is 18.5 Å². The highest BCUT2D eigenvalue weighted by atomic mass is 19.1. The highest BCUT2D eigenvalue weighted by Gasteiger charge is 2.37. The molecule has 0 aromatic heterocycles. The molecule has 2 fully saturated rings. The van der Waals surface area contributed by atoms with Gasteiger partial charge >= 0.3 is 6.09 Å². The third kappa shape index (κ3) is 4.32. The number of likely N-dealkylation sites (tertiary alicyclic amines) is 2. The smallest absolute Gasteiger partial charge is 0.410 e. The Balaban J connectivity index is 2.01. The second kappa shape index (κ2) is 6.20. The summed E-state index contributed by atoms with van der Waals surface area (Å²) in [7, 11) is 0. The van der Waals surface area contributed by atoms with Gasteiger partial charge < -0.3 is 14.5 Å². The van der Waals surface area contributed by atoms with Crippen molar-refractivity contribution in [3.05, 3.63) is 0 Å². The molecule has 0 spiro atoms. The van der Waals surface area contributed by atoms with Crippen LogP contribution < -0.4 is 0 Å². The molecule has 6 heteroatoms. The molecular weight excluding hydrogens is 275 g/mol. The summed E-state index contributed by atoms with van der Waals surface area (Å²) in [5, 5.41) is 0. The van der Waals surface area contributed by atoms with Crippen LogP contribution in [0, 0.1) is 0 Å². The molecular formula is C15H25FN2O3. The molecule has 21 heavy (non-hydrogen) atoms. The lowest BCUT2D eigenvalue weighted by Crippen LogP contribution is -2.56. The SMILES string of the molecule is CC(C)(C)OC(=O)N1C[C@@H](F)C[C@H](N2CCCCC2=O)C1. The molecule has 2 rings (SSSR count). The first-order valence-electron chi connectivity index (χ1n) is 7.68. The minimum Gasteiger partial charge on any atom is -0.444 e. The molecule has 0 aromatic carbocycles. The minimum atomic E-state index is -1.11. The van der Waals surface area contributed by atoms with Crippen LogP contribution in [0.4, 0.5) is 9.18 Å². The Morgan fingerprint density at radius 2 is 2.00 bits per heavy atom. The molecule has 0 saturated carbocycles. The molecule has 2 saturated heterocycles. The normalized spacial score (nSPS) is 27.7.